The van der Waals surface area contributed by atoms with Crippen LogP contribution < -0.4 is 5.32 Å². The summed E-state index contributed by atoms with van der Waals surface area (Å²) in [6.45, 7) is 5.19. The highest BCUT2D eigenvalue weighted by atomic mass is 32.2. The summed E-state index contributed by atoms with van der Waals surface area (Å²) in [7, 11) is 0. The maximum atomic E-state index is 12.5. The van der Waals surface area contributed by atoms with E-state index in [1.54, 1.807) is 0 Å². The van der Waals surface area contributed by atoms with Crippen molar-refractivity contribution >= 4 is 23.4 Å². The van der Waals surface area contributed by atoms with Gasteiger partial charge in [0.25, 0.3) is 0 Å². The van der Waals surface area contributed by atoms with E-state index in [0.717, 1.165) is 48.9 Å². The molecule has 0 aliphatic carbocycles. The Morgan fingerprint density at radius 1 is 1.16 bits per heavy atom. The van der Waals surface area contributed by atoms with Crippen molar-refractivity contribution in [2.24, 2.45) is 0 Å². The summed E-state index contributed by atoms with van der Waals surface area (Å²) in [6.07, 6.45) is 6.39. The summed E-state index contributed by atoms with van der Waals surface area (Å²) >= 11 is 1.48. The number of aryl methyl sites for hydroxylation is 3. The maximum absolute atomic E-state index is 12.5. The Hall–Kier alpha value is -1.82. The summed E-state index contributed by atoms with van der Waals surface area (Å²) in [4.78, 5) is 12.5. The minimum absolute atomic E-state index is 0.0200. The zero-order valence-electron chi connectivity index (χ0n) is 15.0. The Labute approximate surface area is 153 Å². The third-order valence-electron chi connectivity index (χ3n) is 4.67. The highest BCUT2D eigenvalue weighted by Gasteiger charge is 2.17. The molecule has 0 saturated carbocycles. The number of fused-ring (bicyclic) bond motifs is 1. The van der Waals surface area contributed by atoms with Crippen molar-refractivity contribution in [2.45, 2.75) is 64.1 Å². The number of thioether (sulfide) groups is 1. The lowest BCUT2D eigenvalue weighted by atomic mass is 10.0. The SMILES string of the molecule is CCc1cccc(CC)c1NC(=O)CSc1nnc2n1CCCCC2. The van der Waals surface area contributed by atoms with Crippen LogP contribution in [0.25, 0.3) is 0 Å². The van der Waals surface area contributed by atoms with Gasteiger partial charge in [-0.05, 0) is 36.8 Å². The molecule has 0 bridgehead atoms. The molecule has 0 saturated heterocycles. The second-order valence-corrected chi connectivity index (χ2v) is 7.30. The lowest BCUT2D eigenvalue weighted by Crippen LogP contribution is -2.17. The van der Waals surface area contributed by atoms with Gasteiger partial charge >= 0.3 is 0 Å². The lowest BCUT2D eigenvalue weighted by Gasteiger charge is -2.14. The van der Waals surface area contributed by atoms with Crippen LogP contribution in [0.15, 0.2) is 23.4 Å². The number of carbonyl (C=O) groups excluding carboxylic acids is 1. The van der Waals surface area contributed by atoms with E-state index in [1.165, 1.54) is 35.7 Å². The molecule has 1 amide bonds. The van der Waals surface area contributed by atoms with Gasteiger partial charge in [-0.25, -0.2) is 0 Å². The van der Waals surface area contributed by atoms with E-state index >= 15 is 0 Å². The average molecular weight is 359 g/mol. The van der Waals surface area contributed by atoms with Crippen molar-refractivity contribution in [3.63, 3.8) is 0 Å². The van der Waals surface area contributed by atoms with E-state index in [9.17, 15) is 4.79 Å². The summed E-state index contributed by atoms with van der Waals surface area (Å²) in [5.74, 6) is 1.44. The first-order valence-electron chi connectivity index (χ1n) is 9.18. The van der Waals surface area contributed by atoms with Crippen molar-refractivity contribution in [3.05, 3.63) is 35.2 Å². The molecule has 1 aliphatic heterocycles. The van der Waals surface area contributed by atoms with E-state index in [2.05, 4.69) is 52.1 Å². The van der Waals surface area contributed by atoms with Crippen LogP contribution >= 0.6 is 11.8 Å². The first-order chi connectivity index (χ1) is 12.2. The van der Waals surface area contributed by atoms with E-state index in [4.69, 9.17) is 0 Å². The standard InChI is InChI=1S/C19H26N4OS/c1-3-14-9-8-10-15(4-2)18(14)20-17(24)13-25-19-22-21-16-11-6-5-7-12-23(16)19/h8-10H,3-7,11-13H2,1-2H3,(H,20,24). The van der Waals surface area contributed by atoms with E-state index in [1.807, 2.05) is 0 Å². The van der Waals surface area contributed by atoms with Gasteiger partial charge < -0.3 is 9.88 Å². The third-order valence-corrected chi connectivity index (χ3v) is 5.64. The number of carbonyl (C=O) groups is 1. The van der Waals surface area contributed by atoms with Crippen molar-refractivity contribution in [3.8, 4) is 0 Å². The molecule has 1 aromatic heterocycles. The van der Waals surface area contributed by atoms with Crippen LogP contribution in [0.1, 0.15) is 50.1 Å². The second-order valence-electron chi connectivity index (χ2n) is 6.36. The predicted molar refractivity (Wildman–Crippen MR) is 102 cm³/mol. The fraction of sp³-hybridized carbons (Fsp3) is 0.526. The fourth-order valence-electron chi connectivity index (χ4n) is 3.27. The fourth-order valence-corrected chi connectivity index (χ4v) is 4.06. The number of aromatic nitrogens is 3. The Morgan fingerprint density at radius 2 is 1.92 bits per heavy atom. The summed E-state index contributed by atoms with van der Waals surface area (Å²) in [5, 5.41) is 12.6. The number of hydrogen-bond donors (Lipinski definition) is 1. The second kappa shape index (κ2) is 8.52. The number of para-hydroxylation sites is 1. The van der Waals surface area contributed by atoms with Crippen LogP contribution in [0, 0.1) is 0 Å². The van der Waals surface area contributed by atoms with E-state index in [0.29, 0.717) is 5.75 Å². The van der Waals surface area contributed by atoms with Crippen LogP contribution in [0.3, 0.4) is 0 Å². The van der Waals surface area contributed by atoms with Crippen LogP contribution in [-0.4, -0.2) is 26.4 Å². The van der Waals surface area contributed by atoms with Gasteiger partial charge in [-0.2, -0.15) is 0 Å². The van der Waals surface area contributed by atoms with Crippen LogP contribution in [0.4, 0.5) is 5.69 Å². The molecular formula is C19H26N4OS. The molecule has 0 radical (unpaired) electrons. The average Bonchev–Trinajstić information content (AvgIpc) is 2.86. The zero-order valence-corrected chi connectivity index (χ0v) is 15.9. The maximum Gasteiger partial charge on any atom is 0.234 e. The topological polar surface area (TPSA) is 59.8 Å². The Kier molecular flexibility index (Phi) is 6.13. The predicted octanol–water partition coefficient (Wildman–Crippen LogP) is 3.86. The number of amides is 1. The molecule has 1 aromatic carbocycles. The molecule has 0 unspecified atom stereocenters. The number of anilines is 1. The molecule has 0 atom stereocenters. The molecule has 5 nitrogen and oxygen atoms in total. The van der Waals surface area contributed by atoms with Crippen molar-refractivity contribution in [1.82, 2.24) is 14.8 Å². The van der Waals surface area contributed by atoms with Crippen molar-refractivity contribution in [2.75, 3.05) is 11.1 Å². The number of benzene rings is 1. The molecule has 0 fully saturated rings. The highest BCUT2D eigenvalue weighted by Crippen LogP contribution is 2.25. The molecule has 3 rings (SSSR count). The van der Waals surface area contributed by atoms with Gasteiger partial charge in [0, 0.05) is 18.7 Å². The smallest absolute Gasteiger partial charge is 0.234 e. The first-order valence-corrected chi connectivity index (χ1v) is 10.2. The first kappa shape index (κ1) is 18.0. The summed E-state index contributed by atoms with van der Waals surface area (Å²) in [5.41, 5.74) is 3.36. The van der Waals surface area contributed by atoms with E-state index < -0.39 is 0 Å². The lowest BCUT2D eigenvalue weighted by molar-refractivity contribution is -0.113. The number of rotatable bonds is 6. The van der Waals surface area contributed by atoms with E-state index in [-0.39, 0.29) is 5.91 Å². The Balaban J connectivity index is 1.65. The van der Waals surface area contributed by atoms with Crippen molar-refractivity contribution in [1.29, 1.82) is 0 Å². The largest absolute Gasteiger partial charge is 0.325 e. The van der Waals surface area contributed by atoms with Gasteiger partial charge in [-0.3, -0.25) is 4.79 Å². The Bertz CT molecular complexity index is 719. The monoisotopic (exact) mass is 358 g/mol. The number of nitrogens with zero attached hydrogens (tertiary/aromatic N) is 3. The Morgan fingerprint density at radius 3 is 2.64 bits per heavy atom. The summed E-state index contributed by atoms with van der Waals surface area (Å²) < 4.78 is 2.18. The minimum Gasteiger partial charge on any atom is -0.325 e. The molecular weight excluding hydrogens is 332 g/mol. The van der Waals surface area contributed by atoms with Gasteiger partial charge in [0.05, 0.1) is 5.75 Å². The highest BCUT2D eigenvalue weighted by molar-refractivity contribution is 7.99. The van der Waals surface area contributed by atoms with Gasteiger partial charge in [0.1, 0.15) is 5.82 Å². The van der Waals surface area contributed by atoms with Crippen LogP contribution in [-0.2, 0) is 30.6 Å². The molecule has 2 heterocycles. The molecule has 6 heteroatoms. The van der Waals surface area contributed by atoms with Gasteiger partial charge in [-0.15, -0.1) is 10.2 Å². The molecule has 1 aliphatic rings. The van der Waals surface area contributed by atoms with Gasteiger partial charge in [0.15, 0.2) is 5.16 Å². The minimum atomic E-state index is 0.0200. The van der Waals surface area contributed by atoms with Crippen LogP contribution in [0.5, 0.6) is 0 Å². The number of hydrogen-bond acceptors (Lipinski definition) is 4. The van der Waals surface area contributed by atoms with Crippen LogP contribution in [0.2, 0.25) is 0 Å². The molecule has 134 valence electrons. The molecule has 25 heavy (non-hydrogen) atoms. The molecule has 2 aromatic rings. The summed E-state index contributed by atoms with van der Waals surface area (Å²) in [6, 6.07) is 6.23. The molecule has 0 spiro atoms. The van der Waals surface area contributed by atoms with Gasteiger partial charge in [-0.1, -0.05) is 50.2 Å². The molecule has 1 N–H and O–H groups in total. The normalized spacial score (nSPS) is 14.0. The zero-order chi connectivity index (χ0) is 17.6. The van der Waals surface area contributed by atoms with Crippen molar-refractivity contribution < 1.29 is 4.79 Å². The quantitative estimate of drug-likeness (QED) is 0.797. The third kappa shape index (κ3) is 4.24. The van der Waals surface area contributed by atoms with Gasteiger partial charge in [0.2, 0.25) is 5.91 Å². The number of nitrogens with one attached hydrogen (secondary N) is 1.